The number of benzene rings is 1. The Kier molecular flexibility index (Phi) is 3.70. The predicted octanol–water partition coefficient (Wildman–Crippen LogP) is 1.81. The van der Waals surface area contributed by atoms with Crippen molar-refractivity contribution in [3.63, 3.8) is 0 Å². The van der Waals surface area contributed by atoms with Crippen molar-refractivity contribution in [2.45, 2.75) is 20.4 Å². The Morgan fingerprint density at radius 1 is 1.28 bits per heavy atom. The molecule has 0 aliphatic carbocycles. The Hall–Kier alpha value is -1.37. The van der Waals surface area contributed by atoms with Gasteiger partial charge in [0.15, 0.2) is 0 Å². The van der Waals surface area contributed by atoms with Crippen LogP contribution in [0.15, 0.2) is 34.0 Å². The molecule has 1 N–H and O–H groups in total. The van der Waals surface area contributed by atoms with Crippen LogP contribution in [0, 0.1) is 17.4 Å². The molecule has 2 aromatic rings. The molecule has 4 nitrogen and oxygen atoms in total. The summed E-state index contributed by atoms with van der Waals surface area (Å²) in [6, 6.07) is 6.13. The first-order valence-corrected chi connectivity index (χ1v) is 6.60. The van der Waals surface area contributed by atoms with E-state index >= 15 is 0 Å². The lowest BCUT2D eigenvalue weighted by molar-refractivity contribution is 0.712. The van der Waals surface area contributed by atoms with Crippen molar-refractivity contribution in [2.24, 2.45) is 0 Å². The van der Waals surface area contributed by atoms with Crippen molar-refractivity contribution in [3.8, 4) is 0 Å². The van der Waals surface area contributed by atoms with E-state index in [9.17, 15) is 9.59 Å². The molecule has 0 unspecified atom stereocenters. The first-order chi connectivity index (χ1) is 8.47. The van der Waals surface area contributed by atoms with E-state index < -0.39 is 0 Å². The Morgan fingerprint density at radius 3 is 2.72 bits per heavy atom. The number of rotatable bonds is 2. The number of aryl methyl sites for hydroxylation is 2. The molecule has 0 aliphatic heterocycles. The minimum Gasteiger partial charge on any atom is -0.295 e. The van der Waals surface area contributed by atoms with Gasteiger partial charge in [0.05, 0.1) is 10.1 Å². The van der Waals surface area contributed by atoms with E-state index in [4.69, 9.17) is 0 Å². The third-order valence-corrected chi connectivity index (χ3v) is 3.58. The fraction of sp³-hybridized carbons (Fsp3) is 0.231. The number of nitrogens with zero attached hydrogens (tertiary/aromatic N) is 1. The molecule has 18 heavy (non-hydrogen) atoms. The molecule has 0 bridgehead atoms. The van der Waals surface area contributed by atoms with Gasteiger partial charge < -0.3 is 0 Å². The summed E-state index contributed by atoms with van der Waals surface area (Å²) in [4.78, 5) is 25.3. The summed E-state index contributed by atoms with van der Waals surface area (Å²) >= 11 is 1.92. The Bertz CT molecular complexity index is 701. The molecule has 0 amide bonds. The normalized spacial score (nSPS) is 10.6. The topological polar surface area (TPSA) is 54.9 Å². The molecule has 0 spiro atoms. The maximum absolute atomic E-state index is 11.7. The molecular weight excluding hydrogens is 343 g/mol. The number of nitrogens with one attached hydrogen (secondary N) is 1. The molecule has 1 heterocycles. The van der Waals surface area contributed by atoms with Gasteiger partial charge in [-0.1, -0.05) is 23.8 Å². The van der Waals surface area contributed by atoms with Crippen molar-refractivity contribution in [1.82, 2.24) is 9.55 Å². The largest absolute Gasteiger partial charge is 0.328 e. The summed E-state index contributed by atoms with van der Waals surface area (Å²) in [5, 5.41) is 0. The van der Waals surface area contributed by atoms with Gasteiger partial charge in [0.1, 0.15) is 0 Å². The fourth-order valence-corrected chi connectivity index (χ4v) is 2.23. The highest BCUT2D eigenvalue weighted by Gasteiger charge is 2.05. The zero-order valence-corrected chi connectivity index (χ0v) is 12.3. The second-order valence-corrected chi connectivity index (χ2v) is 5.46. The minimum atomic E-state index is -0.374. The predicted molar refractivity (Wildman–Crippen MR) is 79.1 cm³/mol. The molecule has 0 aliphatic rings. The van der Waals surface area contributed by atoms with Crippen molar-refractivity contribution >= 4 is 22.6 Å². The first-order valence-electron chi connectivity index (χ1n) is 5.53. The van der Waals surface area contributed by atoms with Crippen LogP contribution in [0.3, 0.4) is 0 Å². The summed E-state index contributed by atoms with van der Waals surface area (Å²) < 4.78 is 2.03. The second-order valence-electron chi connectivity index (χ2n) is 4.29. The molecule has 5 heteroatoms. The van der Waals surface area contributed by atoms with Crippen molar-refractivity contribution in [3.05, 3.63) is 65.5 Å². The van der Waals surface area contributed by atoms with E-state index in [-0.39, 0.29) is 11.2 Å². The average Bonchev–Trinajstić information content (AvgIpc) is 2.30. The van der Waals surface area contributed by atoms with Gasteiger partial charge in [-0.15, -0.1) is 0 Å². The van der Waals surface area contributed by atoms with Crippen molar-refractivity contribution < 1.29 is 0 Å². The van der Waals surface area contributed by atoms with Gasteiger partial charge in [-0.2, -0.15) is 0 Å². The number of aromatic amines is 1. The van der Waals surface area contributed by atoms with Gasteiger partial charge in [-0.05, 0) is 47.6 Å². The monoisotopic (exact) mass is 356 g/mol. The highest BCUT2D eigenvalue weighted by Crippen LogP contribution is 2.11. The van der Waals surface area contributed by atoms with E-state index in [1.807, 2.05) is 48.6 Å². The quantitative estimate of drug-likeness (QED) is 0.835. The molecule has 2 rings (SSSR count). The number of aromatic nitrogens is 2. The highest BCUT2D eigenvalue weighted by molar-refractivity contribution is 14.1. The summed E-state index contributed by atoms with van der Waals surface area (Å²) in [7, 11) is 0. The average molecular weight is 356 g/mol. The zero-order valence-electron chi connectivity index (χ0n) is 10.2. The van der Waals surface area contributed by atoms with Gasteiger partial charge in [0.2, 0.25) is 0 Å². The van der Waals surface area contributed by atoms with Gasteiger partial charge in [-0.3, -0.25) is 14.3 Å². The van der Waals surface area contributed by atoms with Crippen LogP contribution in [0.25, 0.3) is 0 Å². The lowest BCUT2D eigenvalue weighted by atomic mass is 10.1. The summed E-state index contributed by atoms with van der Waals surface area (Å²) in [5.41, 5.74) is 2.66. The van der Waals surface area contributed by atoms with E-state index in [1.165, 1.54) is 4.57 Å². The first kappa shape index (κ1) is 13.1. The third-order valence-electron chi connectivity index (χ3n) is 2.81. The molecule has 1 aromatic heterocycles. The van der Waals surface area contributed by atoms with Crippen LogP contribution >= 0.6 is 22.6 Å². The van der Waals surface area contributed by atoms with Gasteiger partial charge in [-0.25, -0.2) is 4.79 Å². The van der Waals surface area contributed by atoms with Crippen LogP contribution in [0.4, 0.5) is 0 Å². The lowest BCUT2D eigenvalue weighted by Gasteiger charge is -2.09. The van der Waals surface area contributed by atoms with E-state index in [0.717, 1.165) is 16.7 Å². The SMILES string of the molecule is Cc1ccc(C)c(Cn2cc(I)c(=O)[nH]c2=O)c1. The smallest absolute Gasteiger partial charge is 0.295 e. The zero-order chi connectivity index (χ0) is 13.3. The van der Waals surface area contributed by atoms with Crippen LogP contribution in [0.5, 0.6) is 0 Å². The highest BCUT2D eigenvalue weighted by atomic mass is 127. The summed E-state index contributed by atoms with van der Waals surface area (Å²) in [6.45, 7) is 4.50. The fourth-order valence-electron chi connectivity index (χ4n) is 1.75. The third kappa shape index (κ3) is 2.72. The maximum Gasteiger partial charge on any atom is 0.328 e. The van der Waals surface area contributed by atoms with Crippen LogP contribution in [0.1, 0.15) is 16.7 Å². The summed E-state index contributed by atoms with van der Waals surface area (Å²) in [5.74, 6) is 0. The molecule has 0 fully saturated rings. The maximum atomic E-state index is 11.7. The number of hydrogen-bond donors (Lipinski definition) is 1. The number of H-pyrrole nitrogens is 1. The van der Waals surface area contributed by atoms with Gasteiger partial charge in [0.25, 0.3) is 5.56 Å². The van der Waals surface area contributed by atoms with Gasteiger partial charge in [0, 0.05) is 6.20 Å². The molecule has 1 aromatic carbocycles. The van der Waals surface area contributed by atoms with Crippen LogP contribution in [-0.2, 0) is 6.54 Å². The number of hydrogen-bond acceptors (Lipinski definition) is 2. The minimum absolute atomic E-state index is 0.335. The molecule has 94 valence electrons. The molecule has 0 atom stereocenters. The lowest BCUT2D eigenvalue weighted by Crippen LogP contribution is -2.31. The van der Waals surface area contributed by atoms with E-state index in [2.05, 4.69) is 11.1 Å². The molecule has 0 saturated carbocycles. The second kappa shape index (κ2) is 5.09. The van der Waals surface area contributed by atoms with Gasteiger partial charge >= 0.3 is 5.69 Å². The van der Waals surface area contributed by atoms with Crippen molar-refractivity contribution in [2.75, 3.05) is 0 Å². The summed E-state index contributed by atoms with van der Waals surface area (Å²) in [6.07, 6.45) is 1.59. The Balaban J connectivity index is 2.46. The van der Waals surface area contributed by atoms with Crippen LogP contribution in [0.2, 0.25) is 0 Å². The molecular formula is C13H13IN2O2. The van der Waals surface area contributed by atoms with E-state index in [0.29, 0.717) is 10.1 Å². The van der Waals surface area contributed by atoms with E-state index in [1.54, 1.807) is 6.20 Å². The Morgan fingerprint density at radius 2 is 2.00 bits per heavy atom. The van der Waals surface area contributed by atoms with Crippen LogP contribution in [-0.4, -0.2) is 9.55 Å². The number of halogens is 1. The molecule has 0 saturated heterocycles. The Labute approximate surface area is 118 Å². The van der Waals surface area contributed by atoms with Crippen molar-refractivity contribution in [1.29, 1.82) is 0 Å². The van der Waals surface area contributed by atoms with Crippen LogP contribution < -0.4 is 11.2 Å². The molecule has 0 radical (unpaired) electrons. The standard InChI is InChI=1S/C13H13IN2O2/c1-8-3-4-9(2)10(5-8)6-16-7-11(14)12(17)15-13(16)18/h3-5,7H,6H2,1-2H3,(H,15,17,18).